The number of carbonyl (C=O) groups is 3. The number of Topliss-reactive ketones (excluding diaryl/α,β-unsaturated/α-hetero) is 1. The molecule has 0 aromatic heterocycles. The van der Waals surface area contributed by atoms with Gasteiger partial charge in [-0.3, -0.25) is 14.4 Å². The van der Waals surface area contributed by atoms with Crippen LogP contribution in [0.25, 0.3) is 0 Å². The summed E-state index contributed by atoms with van der Waals surface area (Å²) in [6.45, 7) is 1.18. The Kier molecular flexibility index (Phi) is 4.65. The first-order valence-electron chi connectivity index (χ1n) is 6.55. The van der Waals surface area contributed by atoms with Gasteiger partial charge in [-0.05, 0) is 24.6 Å². The number of hydrogen-bond acceptors (Lipinski definition) is 4. The smallest absolute Gasteiger partial charge is 0.305 e. The quantitative estimate of drug-likeness (QED) is 0.831. The predicted molar refractivity (Wildman–Crippen MR) is 81.2 cm³/mol. The molecular weight excluding hydrogens is 354 g/mol. The van der Waals surface area contributed by atoms with Crippen LogP contribution in [0.2, 0.25) is 0 Å². The number of carbonyl (C=O) groups excluding carboxylic acids is 2. The molecule has 0 unspecified atom stereocenters. The number of carboxylic acid groups (broad SMARTS) is 1. The molecule has 0 aliphatic carbocycles. The van der Waals surface area contributed by atoms with Gasteiger partial charge in [0.1, 0.15) is 0 Å². The van der Waals surface area contributed by atoms with Gasteiger partial charge in [-0.25, -0.2) is 0 Å². The van der Waals surface area contributed by atoms with Gasteiger partial charge >= 0.3 is 5.97 Å². The minimum atomic E-state index is -1.06. The molecule has 1 aromatic carbocycles. The van der Waals surface area contributed by atoms with E-state index in [0.717, 1.165) is 4.47 Å². The third-order valence-electron chi connectivity index (χ3n) is 3.44. The number of carboxylic acids is 1. The standard InChI is InChI=1S/C15H14BrNO5/c1-8(18)12-13(9-2-4-10(16)5-3-9)17(7-6-11(19)20)15(22)14(12)21/h2-5,13,21H,6-7H2,1H3,(H,19,20)/t13-/m0/s1. The Hall–Kier alpha value is -2.15. The van der Waals surface area contributed by atoms with Crippen LogP contribution >= 0.6 is 15.9 Å². The van der Waals surface area contributed by atoms with Gasteiger partial charge in [0.05, 0.1) is 18.0 Å². The Morgan fingerprint density at radius 1 is 1.27 bits per heavy atom. The normalized spacial score (nSPS) is 18.0. The number of amides is 1. The lowest BCUT2D eigenvalue weighted by Gasteiger charge is -2.26. The van der Waals surface area contributed by atoms with E-state index in [1.807, 2.05) is 0 Å². The van der Waals surface area contributed by atoms with Gasteiger partial charge in [0.15, 0.2) is 11.5 Å². The van der Waals surface area contributed by atoms with E-state index in [-0.39, 0.29) is 18.5 Å². The van der Waals surface area contributed by atoms with Gasteiger partial charge in [-0.2, -0.15) is 0 Å². The highest BCUT2D eigenvalue weighted by atomic mass is 79.9. The minimum Gasteiger partial charge on any atom is -0.503 e. The van der Waals surface area contributed by atoms with Crippen molar-refractivity contribution in [3.8, 4) is 0 Å². The van der Waals surface area contributed by atoms with E-state index in [2.05, 4.69) is 15.9 Å². The van der Waals surface area contributed by atoms with E-state index in [4.69, 9.17) is 5.11 Å². The SMILES string of the molecule is CC(=O)C1=C(O)C(=O)N(CCC(=O)O)[C@H]1c1ccc(Br)cc1. The molecule has 2 N–H and O–H groups in total. The number of rotatable bonds is 5. The summed E-state index contributed by atoms with van der Waals surface area (Å²) in [4.78, 5) is 35.9. The van der Waals surface area contributed by atoms with Crippen molar-refractivity contribution in [3.63, 3.8) is 0 Å². The maximum absolute atomic E-state index is 12.1. The molecule has 116 valence electrons. The van der Waals surface area contributed by atoms with E-state index in [0.29, 0.717) is 5.56 Å². The van der Waals surface area contributed by atoms with Crippen molar-refractivity contribution in [2.45, 2.75) is 19.4 Å². The van der Waals surface area contributed by atoms with Crippen LogP contribution in [-0.2, 0) is 14.4 Å². The Balaban J connectivity index is 2.45. The van der Waals surface area contributed by atoms with Crippen LogP contribution in [0.4, 0.5) is 0 Å². The van der Waals surface area contributed by atoms with Crippen LogP contribution in [0, 0.1) is 0 Å². The molecule has 0 fully saturated rings. The lowest BCUT2D eigenvalue weighted by molar-refractivity contribution is -0.138. The molecule has 1 amide bonds. The summed E-state index contributed by atoms with van der Waals surface area (Å²) in [5.74, 6) is -2.81. The third-order valence-corrected chi connectivity index (χ3v) is 3.96. The summed E-state index contributed by atoms with van der Waals surface area (Å²) in [6, 6.07) is 6.18. The summed E-state index contributed by atoms with van der Waals surface area (Å²) in [5, 5.41) is 18.8. The number of aliphatic hydroxyl groups excluding tert-OH is 1. The molecule has 0 bridgehead atoms. The number of hydrogen-bond donors (Lipinski definition) is 2. The van der Waals surface area contributed by atoms with E-state index in [1.54, 1.807) is 24.3 Å². The van der Waals surface area contributed by atoms with Crippen molar-refractivity contribution in [1.29, 1.82) is 0 Å². The van der Waals surface area contributed by atoms with Crippen LogP contribution < -0.4 is 0 Å². The molecule has 1 aliphatic heterocycles. The van der Waals surface area contributed by atoms with Crippen LogP contribution in [0.15, 0.2) is 40.1 Å². The fourth-order valence-corrected chi connectivity index (χ4v) is 2.72. The van der Waals surface area contributed by atoms with Crippen molar-refractivity contribution in [3.05, 3.63) is 45.6 Å². The van der Waals surface area contributed by atoms with E-state index in [1.165, 1.54) is 11.8 Å². The van der Waals surface area contributed by atoms with Crippen molar-refractivity contribution < 1.29 is 24.6 Å². The largest absolute Gasteiger partial charge is 0.503 e. The fraction of sp³-hybridized carbons (Fsp3) is 0.267. The first kappa shape index (κ1) is 16.2. The molecule has 1 atom stereocenters. The highest BCUT2D eigenvalue weighted by Gasteiger charge is 2.42. The number of ketones is 1. The van der Waals surface area contributed by atoms with E-state index in [9.17, 15) is 19.5 Å². The molecule has 22 heavy (non-hydrogen) atoms. The zero-order valence-corrected chi connectivity index (χ0v) is 13.3. The number of benzene rings is 1. The summed E-state index contributed by atoms with van der Waals surface area (Å²) in [7, 11) is 0. The van der Waals surface area contributed by atoms with E-state index < -0.39 is 29.5 Å². The van der Waals surface area contributed by atoms with Gasteiger partial charge in [-0.15, -0.1) is 0 Å². The molecule has 0 radical (unpaired) electrons. The first-order chi connectivity index (χ1) is 10.3. The summed E-state index contributed by atoms with van der Waals surface area (Å²) in [5.41, 5.74) is 0.633. The number of halogens is 1. The van der Waals surface area contributed by atoms with Crippen LogP contribution in [-0.4, -0.2) is 39.3 Å². The average Bonchev–Trinajstić information content (AvgIpc) is 2.70. The van der Waals surface area contributed by atoms with Gasteiger partial charge in [0, 0.05) is 11.0 Å². The second-order valence-corrected chi connectivity index (χ2v) is 5.83. The molecule has 7 heteroatoms. The monoisotopic (exact) mass is 367 g/mol. The maximum Gasteiger partial charge on any atom is 0.305 e. The number of aliphatic carboxylic acids is 1. The highest BCUT2D eigenvalue weighted by Crippen LogP contribution is 2.37. The van der Waals surface area contributed by atoms with Crippen LogP contribution in [0.5, 0.6) is 0 Å². The zero-order chi connectivity index (χ0) is 16.4. The summed E-state index contributed by atoms with van der Waals surface area (Å²) in [6.07, 6.45) is -0.267. The Morgan fingerprint density at radius 3 is 2.36 bits per heavy atom. The molecule has 1 heterocycles. The summed E-state index contributed by atoms with van der Waals surface area (Å²) >= 11 is 3.30. The molecule has 0 saturated carbocycles. The second-order valence-electron chi connectivity index (χ2n) is 4.91. The van der Waals surface area contributed by atoms with Gasteiger partial charge in [0.25, 0.3) is 5.91 Å². The fourth-order valence-electron chi connectivity index (χ4n) is 2.45. The maximum atomic E-state index is 12.1. The molecule has 1 aliphatic rings. The van der Waals surface area contributed by atoms with Gasteiger partial charge in [0.2, 0.25) is 0 Å². The summed E-state index contributed by atoms with van der Waals surface area (Å²) < 4.78 is 0.829. The molecular formula is C15H14BrNO5. The number of nitrogens with zero attached hydrogens (tertiary/aromatic N) is 1. The second kappa shape index (κ2) is 6.31. The predicted octanol–water partition coefficient (Wildman–Crippen LogP) is 2.21. The van der Waals surface area contributed by atoms with Crippen molar-refractivity contribution in [2.75, 3.05) is 6.54 Å². The Morgan fingerprint density at radius 2 is 1.86 bits per heavy atom. The van der Waals surface area contributed by atoms with Crippen LogP contribution in [0.1, 0.15) is 24.9 Å². The Labute approximate surface area is 135 Å². The molecule has 0 spiro atoms. The lowest BCUT2D eigenvalue weighted by atomic mass is 9.97. The Bertz CT molecular complexity index is 665. The third kappa shape index (κ3) is 3.04. The minimum absolute atomic E-state index is 0.00212. The van der Waals surface area contributed by atoms with Crippen LogP contribution in [0.3, 0.4) is 0 Å². The molecule has 2 rings (SSSR count). The first-order valence-corrected chi connectivity index (χ1v) is 7.34. The van der Waals surface area contributed by atoms with Gasteiger partial charge in [-0.1, -0.05) is 28.1 Å². The number of aliphatic hydroxyl groups is 1. The average molecular weight is 368 g/mol. The topological polar surface area (TPSA) is 94.9 Å². The lowest BCUT2D eigenvalue weighted by Crippen LogP contribution is -2.33. The van der Waals surface area contributed by atoms with E-state index >= 15 is 0 Å². The van der Waals surface area contributed by atoms with Crippen molar-refractivity contribution in [2.24, 2.45) is 0 Å². The van der Waals surface area contributed by atoms with Crippen molar-refractivity contribution in [1.82, 2.24) is 4.90 Å². The molecule has 6 nitrogen and oxygen atoms in total. The van der Waals surface area contributed by atoms with Crippen molar-refractivity contribution >= 4 is 33.6 Å². The zero-order valence-electron chi connectivity index (χ0n) is 11.7. The highest BCUT2D eigenvalue weighted by molar-refractivity contribution is 9.10. The molecule has 1 aromatic rings. The molecule has 0 saturated heterocycles. The van der Waals surface area contributed by atoms with Gasteiger partial charge < -0.3 is 15.1 Å².